The van der Waals surface area contributed by atoms with Gasteiger partial charge in [-0.05, 0) is 44.2 Å². The van der Waals surface area contributed by atoms with E-state index in [-0.39, 0.29) is 12.7 Å². The number of nitrogens with one attached hydrogen (secondary N) is 1. The summed E-state index contributed by atoms with van der Waals surface area (Å²) in [5, 5.41) is 13.0. The summed E-state index contributed by atoms with van der Waals surface area (Å²) in [6.07, 6.45) is -0.498. The van der Waals surface area contributed by atoms with E-state index in [4.69, 9.17) is 9.47 Å². The van der Waals surface area contributed by atoms with Crippen molar-refractivity contribution in [3.63, 3.8) is 0 Å². The van der Waals surface area contributed by atoms with Crippen LogP contribution in [0, 0.1) is 0 Å². The average Bonchev–Trinajstić information content (AvgIpc) is 2.42. The fraction of sp³-hybridized carbons (Fsp3) is 0.600. The van der Waals surface area contributed by atoms with E-state index in [0.29, 0.717) is 6.61 Å². The first-order valence-electron chi connectivity index (χ1n) is 6.94. The van der Waals surface area contributed by atoms with Crippen LogP contribution in [0.4, 0.5) is 0 Å². The highest BCUT2D eigenvalue weighted by Crippen LogP contribution is 2.22. The van der Waals surface area contributed by atoms with Gasteiger partial charge in [0.2, 0.25) is 0 Å². The molecule has 1 aromatic rings. The first kappa shape index (κ1) is 17.4. The summed E-state index contributed by atoms with van der Waals surface area (Å²) in [7, 11) is 0. The molecule has 1 atom stereocenters. The van der Waals surface area contributed by atoms with Crippen molar-refractivity contribution in [3.05, 3.63) is 28.2 Å². The monoisotopic (exact) mass is 345 g/mol. The van der Waals surface area contributed by atoms with Gasteiger partial charge in [0.15, 0.2) is 0 Å². The molecule has 4 nitrogen and oxygen atoms in total. The van der Waals surface area contributed by atoms with Gasteiger partial charge >= 0.3 is 0 Å². The number of halogens is 1. The quantitative estimate of drug-likeness (QED) is 0.722. The van der Waals surface area contributed by atoms with Gasteiger partial charge < -0.3 is 19.9 Å². The molecule has 20 heavy (non-hydrogen) atoms. The predicted molar refractivity (Wildman–Crippen MR) is 84.1 cm³/mol. The first-order valence-corrected chi connectivity index (χ1v) is 7.73. The van der Waals surface area contributed by atoms with Crippen LogP contribution in [-0.2, 0) is 11.3 Å². The van der Waals surface area contributed by atoms with Crippen LogP contribution in [0.15, 0.2) is 22.7 Å². The van der Waals surface area contributed by atoms with Crippen molar-refractivity contribution in [3.8, 4) is 5.75 Å². The van der Waals surface area contributed by atoms with Gasteiger partial charge in [-0.15, -0.1) is 0 Å². The maximum Gasteiger partial charge on any atom is 0.119 e. The number of aliphatic hydroxyl groups excluding tert-OH is 1. The van der Waals surface area contributed by atoms with Crippen LogP contribution in [0.2, 0.25) is 0 Å². The molecule has 0 radical (unpaired) electrons. The van der Waals surface area contributed by atoms with E-state index < -0.39 is 6.10 Å². The Morgan fingerprint density at radius 2 is 2.05 bits per heavy atom. The topological polar surface area (TPSA) is 50.7 Å². The predicted octanol–water partition coefficient (Wildman–Crippen LogP) is 2.72. The van der Waals surface area contributed by atoms with Crippen LogP contribution in [0.5, 0.6) is 5.75 Å². The van der Waals surface area contributed by atoms with Gasteiger partial charge in [-0.1, -0.05) is 22.9 Å². The van der Waals surface area contributed by atoms with Gasteiger partial charge in [0.25, 0.3) is 0 Å². The molecule has 0 spiro atoms. The summed E-state index contributed by atoms with van der Waals surface area (Å²) in [5.74, 6) is 0.754. The van der Waals surface area contributed by atoms with Crippen LogP contribution in [0.25, 0.3) is 0 Å². The summed E-state index contributed by atoms with van der Waals surface area (Å²) >= 11 is 3.52. The lowest BCUT2D eigenvalue weighted by molar-refractivity contribution is -0.0122. The second-order valence-corrected chi connectivity index (χ2v) is 5.73. The van der Waals surface area contributed by atoms with E-state index in [9.17, 15) is 5.11 Å². The Kier molecular flexibility index (Phi) is 8.14. The summed E-state index contributed by atoms with van der Waals surface area (Å²) in [5.41, 5.74) is 1.14. The van der Waals surface area contributed by atoms with Crippen LogP contribution in [0.3, 0.4) is 0 Å². The molecule has 114 valence electrons. The van der Waals surface area contributed by atoms with Crippen LogP contribution >= 0.6 is 15.9 Å². The maximum atomic E-state index is 9.75. The first-order chi connectivity index (χ1) is 9.52. The molecular formula is C15H24BrNO3. The zero-order chi connectivity index (χ0) is 15.0. The number of benzene rings is 1. The summed E-state index contributed by atoms with van der Waals surface area (Å²) in [4.78, 5) is 0. The van der Waals surface area contributed by atoms with Gasteiger partial charge in [-0.2, -0.15) is 0 Å². The van der Waals surface area contributed by atoms with Gasteiger partial charge in [0.05, 0.1) is 12.7 Å². The summed E-state index contributed by atoms with van der Waals surface area (Å²) < 4.78 is 12.0. The fourth-order valence-corrected chi connectivity index (χ4v) is 1.97. The van der Waals surface area contributed by atoms with Gasteiger partial charge in [0.1, 0.15) is 18.5 Å². The normalized spacial score (nSPS) is 12.7. The molecule has 2 N–H and O–H groups in total. The highest BCUT2D eigenvalue weighted by Gasteiger charge is 2.08. The van der Waals surface area contributed by atoms with Gasteiger partial charge in [-0.3, -0.25) is 0 Å². The Morgan fingerprint density at radius 3 is 2.70 bits per heavy atom. The van der Waals surface area contributed by atoms with Gasteiger partial charge in [-0.25, -0.2) is 0 Å². The highest BCUT2D eigenvalue weighted by atomic mass is 79.9. The molecule has 0 saturated carbocycles. The van der Waals surface area contributed by atoms with Crippen molar-refractivity contribution in [2.45, 2.75) is 39.5 Å². The average molecular weight is 346 g/mol. The third-order valence-corrected chi connectivity index (χ3v) is 3.42. The molecule has 1 rings (SSSR count). The Hall–Kier alpha value is -0.620. The summed E-state index contributed by atoms with van der Waals surface area (Å²) in [6.45, 7) is 8.17. The molecule has 1 aromatic carbocycles. The number of aliphatic hydroxyl groups is 1. The third kappa shape index (κ3) is 6.70. The molecule has 0 saturated heterocycles. The van der Waals surface area contributed by atoms with Crippen LogP contribution in [0.1, 0.15) is 26.3 Å². The van der Waals surface area contributed by atoms with Crippen molar-refractivity contribution in [1.82, 2.24) is 5.32 Å². The second-order valence-electron chi connectivity index (χ2n) is 4.88. The van der Waals surface area contributed by atoms with E-state index in [1.807, 2.05) is 32.0 Å². The minimum absolute atomic E-state index is 0.115. The minimum atomic E-state index is -0.613. The minimum Gasteiger partial charge on any atom is -0.491 e. The zero-order valence-corrected chi connectivity index (χ0v) is 13.9. The molecule has 0 heterocycles. The Morgan fingerprint density at radius 1 is 1.30 bits per heavy atom. The molecule has 0 bridgehead atoms. The molecule has 0 aromatic heterocycles. The largest absolute Gasteiger partial charge is 0.491 e. The van der Waals surface area contributed by atoms with Crippen molar-refractivity contribution in [2.75, 3.05) is 19.8 Å². The van der Waals surface area contributed by atoms with Crippen LogP contribution < -0.4 is 10.1 Å². The number of rotatable bonds is 9. The smallest absolute Gasteiger partial charge is 0.119 e. The molecule has 0 aliphatic heterocycles. The molecule has 0 fully saturated rings. The highest BCUT2D eigenvalue weighted by molar-refractivity contribution is 9.10. The summed E-state index contributed by atoms with van der Waals surface area (Å²) in [6, 6.07) is 5.82. The molecule has 0 aliphatic rings. The second kappa shape index (κ2) is 9.34. The zero-order valence-electron chi connectivity index (χ0n) is 12.4. The fourth-order valence-electron chi connectivity index (χ4n) is 1.58. The molecule has 5 heteroatoms. The lowest BCUT2D eigenvalue weighted by Crippen LogP contribution is -2.25. The number of hydrogen-bond donors (Lipinski definition) is 2. The van der Waals surface area contributed by atoms with Crippen molar-refractivity contribution in [2.24, 2.45) is 0 Å². The van der Waals surface area contributed by atoms with Crippen molar-refractivity contribution < 1.29 is 14.6 Å². The van der Waals surface area contributed by atoms with Gasteiger partial charge in [0, 0.05) is 11.0 Å². The SMILES string of the molecule is CCNCc1cc(OCC(O)COC(C)C)ccc1Br. The van der Waals surface area contributed by atoms with E-state index in [1.54, 1.807) is 0 Å². The lowest BCUT2D eigenvalue weighted by atomic mass is 10.2. The van der Waals surface area contributed by atoms with E-state index >= 15 is 0 Å². The maximum absolute atomic E-state index is 9.75. The Labute approximate surface area is 129 Å². The Balaban J connectivity index is 2.47. The van der Waals surface area contributed by atoms with Crippen LogP contribution in [-0.4, -0.2) is 37.1 Å². The van der Waals surface area contributed by atoms with E-state index in [1.165, 1.54) is 0 Å². The van der Waals surface area contributed by atoms with E-state index in [2.05, 4.69) is 28.2 Å². The third-order valence-electron chi connectivity index (χ3n) is 2.65. The number of ether oxygens (including phenoxy) is 2. The van der Waals surface area contributed by atoms with Crippen molar-refractivity contribution >= 4 is 15.9 Å². The standard InChI is InChI=1S/C15H24BrNO3/c1-4-17-8-12-7-14(5-6-15(12)16)20-10-13(18)9-19-11(2)3/h5-7,11,13,17-18H,4,8-10H2,1-3H3. The molecule has 1 unspecified atom stereocenters. The molecule has 0 aliphatic carbocycles. The van der Waals surface area contributed by atoms with Crippen molar-refractivity contribution in [1.29, 1.82) is 0 Å². The molecule has 0 amide bonds. The Bertz CT molecular complexity index is 399. The number of hydrogen-bond acceptors (Lipinski definition) is 4. The molecular weight excluding hydrogens is 322 g/mol. The lowest BCUT2D eigenvalue weighted by Gasteiger charge is -2.15. The van der Waals surface area contributed by atoms with E-state index in [0.717, 1.165) is 28.9 Å².